The van der Waals surface area contributed by atoms with Gasteiger partial charge in [0.05, 0.1) is 10.5 Å². The summed E-state index contributed by atoms with van der Waals surface area (Å²) in [6, 6.07) is 3.88. The first-order valence-corrected chi connectivity index (χ1v) is 6.51. The van der Waals surface area contributed by atoms with E-state index in [9.17, 15) is 0 Å². The van der Waals surface area contributed by atoms with Gasteiger partial charge in [-0.25, -0.2) is 4.98 Å². The lowest BCUT2D eigenvalue weighted by Crippen LogP contribution is -2.18. The van der Waals surface area contributed by atoms with Crippen molar-refractivity contribution in [3.05, 3.63) is 21.6 Å². The number of aromatic amines is 1. The Morgan fingerprint density at radius 3 is 2.81 bits per heavy atom. The maximum Gasteiger partial charge on any atom is 0.203 e. The highest BCUT2D eigenvalue weighted by atomic mass is 79.9. The summed E-state index contributed by atoms with van der Waals surface area (Å²) in [5, 5.41) is 0.686. The fourth-order valence-electron chi connectivity index (χ4n) is 2.11. The Morgan fingerprint density at radius 1 is 1.31 bits per heavy atom. The van der Waals surface area contributed by atoms with Crippen LogP contribution in [0.25, 0.3) is 11.0 Å². The molecule has 3 nitrogen and oxygen atoms in total. The van der Waals surface area contributed by atoms with E-state index in [1.807, 2.05) is 12.1 Å². The van der Waals surface area contributed by atoms with Crippen molar-refractivity contribution in [2.45, 2.75) is 12.8 Å². The maximum atomic E-state index is 6.15. The molecule has 1 N–H and O–H groups in total. The molecule has 3 rings (SSSR count). The second-order valence-corrected chi connectivity index (χ2v) is 5.36. The van der Waals surface area contributed by atoms with Crippen molar-refractivity contribution >= 4 is 44.5 Å². The number of fused-ring (bicyclic) bond motifs is 1. The van der Waals surface area contributed by atoms with Crippen molar-refractivity contribution in [1.82, 2.24) is 9.97 Å². The number of rotatable bonds is 1. The highest BCUT2D eigenvalue weighted by Gasteiger charge is 2.16. The van der Waals surface area contributed by atoms with E-state index in [0.717, 1.165) is 34.5 Å². The predicted octanol–water partition coefficient (Wildman–Crippen LogP) is 3.58. The third-order valence-electron chi connectivity index (χ3n) is 2.90. The number of hydrogen-bond donors (Lipinski definition) is 1. The number of nitrogens with zero attached hydrogens (tertiary/aromatic N) is 2. The zero-order valence-electron chi connectivity index (χ0n) is 8.63. The van der Waals surface area contributed by atoms with Gasteiger partial charge in [0.25, 0.3) is 0 Å². The smallest absolute Gasteiger partial charge is 0.203 e. The molecule has 16 heavy (non-hydrogen) atoms. The quantitative estimate of drug-likeness (QED) is 0.873. The normalized spacial score (nSPS) is 16.2. The van der Waals surface area contributed by atoms with Gasteiger partial charge in [-0.15, -0.1) is 0 Å². The van der Waals surface area contributed by atoms with Crippen LogP contribution < -0.4 is 4.90 Å². The van der Waals surface area contributed by atoms with Crippen molar-refractivity contribution in [2.24, 2.45) is 0 Å². The third kappa shape index (κ3) is 1.70. The van der Waals surface area contributed by atoms with Gasteiger partial charge < -0.3 is 9.88 Å². The number of nitrogens with one attached hydrogen (secondary N) is 1. The monoisotopic (exact) mass is 299 g/mol. The molecule has 1 aromatic heterocycles. The number of halogens is 2. The predicted molar refractivity (Wildman–Crippen MR) is 70.3 cm³/mol. The summed E-state index contributed by atoms with van der Waals surface area (Å²) in [5.41, 5.74) is 1.84. The van der Waals surface area contributed by atoms with Gasteiger partial charge >= 0.3 is 0 Å². The molecule has 1 aromatic carbocycles. The molecule has 84 valence electrons. The number of hydrogen-bond acceptors (Lipinski definition) is 2. The van der Waals surface area contributed by atoms with Crippen LogP contribution in [0.5, 0.6) is 0 Å². The zero-order valence-corrected chi connectivity index (χ0v) is 11.0. The van der Waals surface area contributed by atoms with Crippen molar-refractivity contribution in [3.63, 3.8) is 0 Å². The number of benzene rings is 1. The lowest BCUT2D eigenvalue weighted by molar-refractivity contribution is 0.922. The number of H-pyrrole nitrogens is 1. The van der Waals surface area contributed by atoms with Gasteiger partial charge in [-0.2, -0.15) is 0 Å². The molecule has 0 bridgehead atoms. The fourth-order valence-corrected chi connectivity index (χ4v) is 2.96. The van der Waals surface area contributed by atoms with E-state index in [2.05, 4.69) is 30.8 Å². The molecule has 1 aliphatic rings. The van der Waals surface area contributed by atoms with Crippen molar-refractivity contribution < 1.29 is 0 Å². The minimum Gasteiger partial charge on any atom is -0.342 e. The molecule has 1 saturated heterocycles. The first-order valence-electron chi connectivity index (χ1n) is 5.34. The van der Waals surface area contributed by atoms with Crippen LogP contribution in [0.3, 0.4) is 0 Å². The Balaban J connectivity index is 2.11. The summed E-state index contributed by atoms with van der Waals surface area (Å²) >= 11 is 9.58. The number of anilines is 1. The van der Waals surface area contributed by atoms with E-state index < -0.39 is 0 Å². The van der Waals surface area contributed by atoms with Crippen LogP contribution in [-0.4, -0.2) is 23.1 Å². The minimum atomic E-state index is 0.686. The topological polar surface area (TPSA) is 31.9 Å². The lowest BCUT2D eigenvalue weighted by Gasteiger charge is -2.12. The number of imidazole rings is 1. The van der Waals surface area contributed by atoms with Crippen molar-refractivity contribution in [3.8, 4) is 0 Å². The molecule has 0 unspecified atom stereocenters. The van der Waals surface area contributed by atoms with E-state index in [4.69, 9.17) is 11.6 Å². The highest BCUT2D eigenvalue weighted by Crippen LogP contribution is 2.29. The Bertz CT molecular complexity index is 531. The van der Waals surface area contributed by atoms with E-state index >= 15 is 0 Å². The molecule has 5 heteroatoms. The van der Waals surface area contributed by atoms with Gasteiger partial charge in [0, 0.05) is 17.6 Å². The SMILES string of the molecule is Clc1cc(Br)cc2[nH]c(N3CCCC3)nc12. The average Bonchev–Trinajstić information content (AvgIpc) is 2.82. The first-order chi connectivity index (χ1) is 7.74. The standard InChI is InChI=1S/C11H11BrClN3/c12-7-5-8(13)10-9(6-7)14-11(15-10)16-3-1-2-4-16/h5-6H,1-4H2,(H,14,15). The van der Waals surface area contributed by atoms with Crippen molar-refractivity contribution in [1.29, 1.82) is 0 Å². The van der Waals surface area contributed by atoms with Gasteiger partial charge in [0.2, 0.25) is 5.95 Å². The van der Waals surface area contributed by atoms with Gasteiger partial charge in [0.15, 0.2) is 0 Å². The second kappa shape index (κ2) is 3.93. The lowest BCUT2D eigenvalue weighted by atomic mass is 10.3. The van der Waals surface area contributed by atoms with Gasteiger partial charge in [-0.05, 0) is 25.0 Å². The Hall–Kier alpha value is -0.740. The molecule has 2 heterocycles. The Labute approximate surface area is 107 Å². The van der Waals surface area contributed by atoms with Crippen LogP contribution in [0.15, 0.2) is 16.6 Å². The van der Waals surface area contributed by atoms with E-state index in [-0.39, 0.29) is 0 Å². The van der Waals surface area contributed by atoms with Crippen molar-refractivity contribution in [2.75, 3.05) is 18.0 Å². The molecule has 0 saturated carbocycles. The Kier molecular flexibility index (Phi) is 2.56. The van der Waals surface area contributed by atoms with E-state index in [1.165, 1.54) is 12.8 Å². The summed E-state index contributed by atoms with van der Waals surface area (Å²) in [5.74, 6) is 0.938. The van der Waals surface area contributed by atoms with Crippen LogP contribution in [-0.2, 0) is 0 Å². The summed E-state index contributed by atoms with van der Waals surface area (Å²) in [4.78, 5) is 10.1. The molecule has 1 fully saturated rings. The summed E-state index contributed by atoms with van der Waals surface area (Å²) in [6.07, 6.45) is 2.49. The fraction of sp³-hybridized carbons (Fsp3) is 0.364. The molecule has 1 aliphatic heterocycles. The molecule has 0 amide bonds. The van der Waals surface area contributed by atoms with Crippen LogP contribution >= 0.6 is 27.5 Å². The van der Waals surface area contributed by atoms with Crippen LogP contribution in [0.1, 0.15) is 12.8 Å². The molecule has 0 radical (unpaired) electrons. The minimum absolute atomic E-state index is 0.686. The van der Waals surface area contributed by atoms with Gasteiger partial charge in [0.1, 0.15) is 5.52 Å². The summed E-state index contributed by atoms with van der Waals surface area (Å²) in [7, 11) is 0. The van der Waals surface area contributed by atoms with Crippen LogP contribution in [0, 0.1) is 0 Å². The molecule has 0 atom stereocenters. The Morgan fingerprint density at radius 2 is 2.06 bits per heavy atom. The molecular formula is C11H11BrClN3. The van der Waals surface area contributed by atoms with E-state index in [1.54, 1.807) is 0 Å². The van der Waals surface area contributed by atoms with Gasteiger partial charge in [-0.3, -0.25) is 0 Å². The summed E-state index contributed by atoms with van der Waals surface area (Å²) in [6.45, 7) is 2.16. The first kappa shape index (κ1) is 10.4. The molecule has 0 spiro atoms. The van der Waals surface area contributed by atoms with E-state index in [0.29, 0.717) is 5.02 Å². The summed E-state index contributed by atoms with van der Waals surface area (Å²) < 4.78 is 0.974. The molecule has 0 aliphatic carbocycles. The van der Waals surface area contributed by atoms with Gasteiger partial charge in [-0.1, -0.05) is 27.5 Å². The highest BCUT2D eigenvalue weighted by molar-refractivity contribution is 9.10. The number of aromatic nitrogens is 2. The third-order valence-corrected chi connectivity index (χ3v) is 3.64. The second-order valence-electron chi connectivity index (χ2n) is 4.04. The molecule has 2 aromatic rings. The van der Waals surface area contributed by atoms with Crippen LogP contribution in [0.4, 0.5) is 5.95 Å². The van der Waals surface area contributed by atoms with Crippen LogP contribution in [0.2, 0.25) is 5.02 Å². The average molecular weight is 301 g/mol. The zero-order chi connectivity index (χ0) is 11.1. The maximum absolute atomic E-state index is 6.15. The molecular weight excluding hydrogens is 289 g/mol. The largest absolute Gasteiger partial charge is 0.342 e.